The van der Waals surface area contributed by atoms with Crippen molar-refractivity contribution in [3.8, 4) is 5.75 Å². The smallest absolute Gasteiger partial charge is 0.229 e. The van der Waals surface area contributed by atoms with E-state index in [0.717, 1.165) is 42.3 Å². The summed E-state index contributed by atoms with van der Waals surface area (Å²) >= 11 is 0. The minimum Gasteiger partial charge on any atom is -0.497 e. The van der Waals surface area contributed by atoms with Crippen LogP contribution in [0.1, 0.15) is 37.3 Å². The lowest BCUT2D eigenvalue weighted by Gasteiger charge is -2.33. The van der Waals surface area contributed by atoms with Crippen LogP contribution in [0.5, 0.6) is 5.75 Å². The van der Waals surface area contributed by atoms with E-state index in [1.54, 1.807) is 13.4 Å². The van der Waals surface area contributed by atoms with Crippen LogP contribution in [0.3, 0.4) is 0 Å². The second-order valence-corrected chi connectivity index (χ2v) is 7.08. The molecule has 2 heterocycles. The Morgan fingerprint density at radius 1 is 1.19 bits per heavy atom. The van der Waals surface area contributed by atoms with Crippen LogP contribution in [0.2, 0.25) is 0 Å². The molecule has 0 radical (unpaired) electrons. The highest BCUT2D eigenvalue weighted by molar-refractivity contribution is 5.93. The van der Waals surface area contributed by atoms with Gasteiger partial charge in [-0.15, -0.1) is 0 Å². The summed E-state index contributed by atoms with van der Waals surface area (Å²) in [5.41, 5.74) is 1.94. The molecule has 1 aromatic carbocycles. The predicted molar refractivity (Wildman–Crippen MR) is 101 cm³/mol. The minimum atomic E-state index is -0.0369. The summed E-state index contributed by atoms with van der Waals surface area (Å²) in [6.07, 6.45) is 6.00. The predicted octanol–water partition coefficient (Wildman–Crippen LogP) is 3.22. The first-order valence-corrected chi connectivity index (χ1v) is 9.25. The fourth-order valence-corrected chi connectivity index (χ4v) is 3.45. The van der Waals surface area contributed by atoms with E-state index in [-0.39, 0.29) is 11.8 Å². The van der Waals surface area contributed by atoms with E-state index in [1.165, 1.54) is 12.8 Å². The van der Waals surface area contributed by atoms with E-state index in [1.807, 2.05) is 24.3 Å². The Hall–Kier alpha value is -2.63. The van der Waals surface area contributed by atoms with Gasteiger partial charge in [0, 0.05) is 36.5 Å². The van der Waals surface area contributed by atoms with Gasteiger partial charge < -0.3 is 15.0 Å². The molecular formula is C20H24N4O2. The number of anilines is 2. The van der Waals surface area contributed by atoms with Gasteiger partial charge in [-0.25, -0.2) is 9.97 Å². The van der Waals surface area contributed by atoms with Crippen LogP contribution < -0.4 is 15.0 Å². The largest absolute Gasteiger partial charge is 0.497 e. The molecule has 136 valence electrons. The van der Waals surface area contributed by atoms with Crippen molar-refractivity contribution >= 4 is 17.4 Å². The second-order valence-electron chi connectivity index (χ2n) is 7.08. The Balaban J connectivity index is 1.40. The van der Waals surface area contributed by atoms with E-state index in [2.05, 4.69) is 26.3 Å². The molecule has 1 amide bonds. The number of nitrogens with zero attached hydrogens (tertiary/aromatic N) is 3. The van der Waals surface area contributed by atoms with E-state index in [0.29, 0.717) is 12.5 Å². The van der Waals surface area contributed by atoms with E-state index >= 15 is 0 Å². The van der Waals surface area contributed by atoms with Gasteiger partial charge in [0.1, 0.15) is 17.9 Å². The maximum absolute atomic E-state index is 12.7. The zero-order chi connectivity index (χ0) is 17.9. The molecule has 0 spiro atoms. The lowest BCUT2D eigenvalue weighted by atomic mass is 9.97. The van der Waals surface area contributed by atoms with Gasteiger partial charge in [-0.05, 0) is 49.9 Å². The standard InChI is InChI=1S/C20H24N4O2/c1-26-17-8-6-16(7-9-17)23-20(25)15-3-2-10-24(12-15)19-11-18(14-4-5-14)21-13-22-19/h6-9,11,13-15H,2-5,10,12H2,1H3,(H,23,25). The molecule has 0 bridgehead atoms. The van der Waals surface area contributed by atoms with Crippen molar-refractivity contribution in [2.45, 2.75) is 31.6 Å². The van der Waals surface area contributed by atoms with Crippen molar-refractivity contribution in [2.24, 2.45) is 5.92 Å². The first kappa shape index (κ1) is 16.8. The number of rotatable bonds is 5. The third-order valence-electron chi connectivity index (χ3n) is 5.14. The summed E-state index contributed by atoms with van der Waals surface area (Å²) in [7, 11) is 1.63. The van der Waals surface area contributed by atoms with Gasteiger partial charge in [-0.3, -0.25) is 4.79 Å². The number of aromatic nitrogens is 2. The third kappa shape index (κ3) is 3.79. The molecule has 2 aromatic rings. The van der Waals surface area contributed by atoms with Crippen molar-refractivity contribution in [1.82, 2.24) is 9.97 Å². The van der Waals surface area contributed by atoms with Gasteiger partial charge in [0.15, 0.2) is 0 Å². The zero-order valence-corrected chi connectivity index (χ0v) is 15.0. The number of ether oxygens (including phenoxy) is 1. The number of carbonyl (C=O) groups is 1. The van der Waals surface area contributed by atoms with Gasteiger partial charge in [0.2, 0.25) is 5.91 Å². The van der Waals surface area contributed by atoms with Crippen molar-refractivity contribution in [3.05, 3.63) is 42.4 Å². The quantitative estimate of drug-likeness (QED) is 0.895. The molecule has 1 aliphatic carbocycles. The fourth-order valence-electron chi connectivity index (χ4n) is 3.45. The number of hydrogen-bond acceptors (Lipinski definition) is 5. The maximum atomic E-state index is 12.7. The van der Waals surface area contributed by atoms with Crippen molar-refractivity contribution in [3.63, 3.8) is 0 Å². The number of nitrogens with one attached hydrogen (secondary N) is 1. The first-order chi connectivity index (χ1) is 12.7. The number of amides is 1. The Kier molecular flexibility index (Phi) is 4.73. The fraction of sp³-hybridized carbons (Fsp3) is 0.450. The minimum absolute atomic E-state index is 0.0369. The molecule has 4 rings (SSSR count). The van der Waals surface area contributed by atoms with Crippen LogP contribution >= 0.6 is 0 Å². The highest BCUT2D eigenvalue weighted by atomic mass is 16.5. The van der Waals surface area contributed by atoms with E-state index in [9.17, 15) is 4.79 Å². The van der Waals surface area contributed by atoms with Crippen LogP contribution in [0.4, 0.5) is 11.5 Å². The van der Waals surface area contributed by atoms with E-state index in [4.69, 9.17) is 4.74 Å². The maximum Gasteiger partial charge on any atom is 0.229 e. The number of hydrogen-bond donors (Lipinski definition) is 1. The molecule has 1 aromatic heterocycles. The molecule has 1 N–H and O–H groups in total. The molecule has 2 aliphatic rings. The topological polar surface area (TPSA) is 67.3 Å². The lowest BCUT2D eigenvalue weighted by Crippen LogP contribution is -2.41. The summed E-state index contributed by atoms with van der Waals surface area (Å²) in [5, 5.41) is 3.02. The third-order valence-corrected chi connectivity index (χ3v) is 5.14. The molecule has 6 nitrogen and oxygen atoms in total. The molecule has 1 atom stereocenters. The molecule has 26 heavy (non-hydrogen) atoms. The highest BCUT2D eigenvalue weighted by Gasteiger charge is 2.29. The van der Waals surface area contributed by atoms with Crippen LogP contribution in [0.25, 0.3) is 0 Å². The highest BCUT2D eigenvalue weighted by Crippen LogP contribution is 2.39. The number of piperidine rings is 1. The lowest BCUT2D eigenvalue weighted by molar-refractivity contribution is -0.120. The van der Waals surface area contributed by atoms with Crippen molar-refractivity contribution in [1.29, 1.82) is 0 Å². The summed E-state index contributed by atoms with van der Waals surface area (Å²) in [6, 6.07) is 9.53. The summed E-state index contributed by atoms with van der Waals surface area (Å²) in [6.45, 7) is 1.64. The number of carbonyl (C=O) groups excluding carboxylic acids is 1. The normalized spacial score (nSPS) is 19.9. The molecule has 6 heteroatoms. The van der Waals surface area contributed by atoms with Gasteiger partial charge in [-0.2, -0.15) is 0 Å². The Labute approximate surface area is 153 Å². The molecule has 1 aliphatic heterocycles. The monoisotopic (exact) mass is 352 g/mol. The average molecular weight is 352 g/mol. The van der Waals surface area contributed by atoms with E-state index < -0.39 is 0 Å². The average Bonchev–Trinajstić information content (AvgIpc) is 3.54. The van der Waals surface area contributed by atoms with Crippen LogP contribution in [-0.4, -0.2) is 36.1 Å². The molecule has 1 unspecified atom stereocenters. The SMILES string of the molecule is COc1ccc(NC(=O)C2CCCN(c3cc(C4CC4)ncn3)C2)cc1. The molecule has 1 saturated carbocycles. The van der Waals surface area contributed by atoms with Crippen LogP contribution in [0, 0.1) is 5.92 Å². The van der Waals surface area contributed by atoms with Crippen LogP contribution in [0.15, 0.2) is 36.7 Å². The van der Waals surface area contributed by atoms with Gasteiger partial charge in [0.25, 0.3) is 0 Å². The summed E-state index contributed by atoms with van der Waals surface area (Å²) in [4.78, 5) is 23.7. The number of benzene rings is 1. The Morgan fingerprint density at radius 3 is 2.73 bits per heavy atom. The first-order valence-electron chi connectivity index (χ1n) is 9.25. The molecular weight excluding hydrogens is 328 g/mol. The van der Waals surface area contributed by atoms with Gasteiger partial charge in [0.05, 0.1) is 13.0 Å². The zero-order valence-electron chi connectivity index (χ0n) is 15.0. The van der Waals surface area contributed by atoms with Crippen molar-refractivity contribution in [2.75, 3.05) is 30.4 Å². The van der Waals surface area contributed by atoms with Gasteiger partial charge >= 0.3 is 0 Å². The second kappa shape index (κ2) is 7.32. The van der Waals surface area contributed by atoms with Gasteiger partial charge in [-0.1, -0.05) is 0 Å². The molecule has 2 fully saturated rings. The van der Waals surface area contributed by atoms with Crippen LogP contribution in [-0.2, 0) is 4.79 Å². The summed E-state index contributed by atoms with van der Waals surface area (Å²) in [5.74, 6) is 2.36. The number of methoxy groups -OCH3 is 1. The Morgan fingerprint density at radius 2 is 2.00 bits per heavy atom. The Bertz CT molecular complexity index is 774. The molecule has 1 saturated heterocycles. The summed E-state index contributed by atoms with van der Waals surface area (Å²) < 4.78 is 5.15. The van der Waals surface area contributed by atoms with Crippen molar-refractivity contribution < 1.29 is 9.53 Å².